The highest BCUT2D eigenvalue weighted by Gasteiger charge is 2.05. The Balaban J connectivity index is 1.84. The Kier molecular flexibility index (Phi) is 4.31. The number of benzene rings is 1. The van der Waals surface area contributed by atoms with Gasteiger partial charge in [-0.2, -0.15) is 5.10 Å². The predicted octanol–water partition coefficient (Wildman–Crippen LogP) is 1.19. The van der Waals surface area contributed by atoms with Gasteiger partial charge >= 0.3 is 6.03 Å². The average molecular weight is 275 g/mol. The molecule has 2 amide bonds. The summed E-state index contributed by atoms with van der Waals surface area (Å²) >= 11 is 0. The quantitative estimate of drug-likeness (QED) is 0.781. The third kappa shape index (κ3) is 3.79. The first-order valence-electron chi connectivity index (χ1n) is 6.22. The van der Waals surface area contributed by atoms with Crippen molar-refractivity contribution in [3.8, 4) is 0 Å². The monoisotopic (exact) mass is 275 g/mol. The Hall–Kier alpha value is -2.41. The van der Waals surface area contributed by atoms with Crippen LogP contribution in [0.1, 0.15) is 24.4 Å². The molecule has 1 aromatic carbocycles. The van der Waals surface area contributed by atoms with Crippen molar-refractivity contribution in [2.24, 2.45) is 7.05 Å². The maximum absolute atomic E-state index is 11.7. The minimum atomic E-state index is -0.520. The Morgan fingerprint density at radius 1 is 1.40 bits per heavy atom. The molecule has 0 radical (unpaired) electrons. The molecule has 0 bridgehead atoms. The third-order valence-electron chi connectivity index (χ3n) is 2.71. The van der Waals surface area contributed by atoms with Crippen molar-refractivity contribution in [3.05, 3.63) is 42.0 Å². The van der Waals surface area contributed by atoms with Crippen LogP contribution in [0, 0.1) is 0 Å². The van der Waals surface area contributed by atoms with E-state index in [2.05, 4.69) is 20.7 Å². The second-order valence-electron chi connectivity index (χ2n) is 4.44. The number of urea groups is 1. The van der Waals surface area contributed by atoms with Crippen LogP contribution in [0.2, 0.25) is 0 Å². The number of aryl methyl sites for hydroxylation is 1. The fourth-order valence-electron chi connectivity index (χ4n) is 1.64. The summed E-state index contributed by atoms with van der Waals surface area (Å²) in [7, 11) is 1.76. The molecular formula is C13H17N5O2. The zero-order chi connectivity index (χ0) is 14.5. The summed E-state index contributed by atoms with van der Waals surface area (Å²) in [6, 6.07) is 6.67. The Labute approximate surface area is 116 Å². The summed E-state index contributed by atoms with van der Waals surface area (Å²) in [5.74, 6) is 0.548. The number of nitrogens with zero attached hydrogens (tertiary/aromatic N) is 3. The zero-order valence-corrected chi connectivity index (χ0v) is 11.4. The van der Waals surface area contributed by atoms with Gasteiger partial charge in [-0.1, -0.05) is 12.1 Å². The van der Waals surface area contributed by atoms with Crippen LogP contribution in [0.15, 0.2) is 30.6 Å². The summed E-state index contributed by atoms with van der Waals surface area (Å²) in [5, 5.41) is 18.8. The molecule has 20 heavy (non-hydrogen) atoms. The van der Waals surface area contributed by atoms with Crippen molar-refractivity contribution in [2.45, 2.75) is 19.6 Å². The van der Waals surface area contributed by atoms with Crippen LogP contribution >= 0.6 is 0 Å². The van der Waals surface area contributed by atoms with Crippen molar-refractivity contribution in [1.82, 2.24) is 20.1 Å². The van der Waals surface area contributed by atoms with Gasteiger partial charge in [0.1, 0.15) is 6.33 Å². The van der Waals surface area contributed by atoms with E-state index in [0.29, 0.717) is 11.5 Å². The molecule has 0 spiro atoms. The lowest BCUT2D eigenvalue weighted by atomic mass is 10.1. The Bertz CT molecular complexity index is 577. The molecule has 0 aliphatic heterocycles. The zero-order valence-electron chi connectivity index (χ0n) is 11.4. The van der Waals surface area contributed by atoms with Gasteiger partial charge in [-0.3, -0.25) is 4.68 Å². The van der Waals surface area contributed by atoms with E-state index in [1.54, 1.807) is 49.2 Å². The lowest BCUT2D eigenvalue weighted by Gasteiger charge is -2.08. The molecule has 106 valence electrons. The molecule has 0 saturated heterocycles. The van der Waals surface area contributed by atoms with Gasteiger partial charge in [0.25, 0.3) is 0 Å². The summed E-state index contributed by atoms with van der Waals surface area (Å²) in [6.07, 6.45) is 1.05. The van der Waals surface area contributed by atoms with Gasteiger partial charge in [0, 0.05) is 12.7 Å². The van der Waals surface area contributed by atoms with Crippen molar-refractivity contribution < 1.29 is 9.90 Å². The van der Waals surface area contributed by atoms with Gasteiger partial charge < -0.3 is 15.7 Å². The predicted molar refractivity (Wildman–Crippen MR) is 73.9 cm³/mol. The minimum Gasteiger partial charge on any atom is -0.389 e. The van der Waals surface area contributed by atoms with Crippen LogP contribution in [-0.2, 0) is 13.6 Å². The fraction of sp³-hybridized carbons (Fsp3) is 0.308. The third-order valence-corrected chi connectivity index (χ3v) is 2.71. The first kappa shape index (κ1) is 14.0. The summed E-state index contributed by atoms with van der Waals surface area (Å²) in [5.41, 5.74) is 1.45. The maximum atomic E-state index is 11.7. The molecule has 0 aliphatic rings. The molecule has 3 N–H and O–H groups in total. The smallest absolute Gasteiger partial charge is 0.319 e. The molecule has 1 atom stereocenters. The van der Waals surface area contributed by atoms with Crippen molar-refractivity contribution in [1.29, 1.82) is 0 Å². The average Bonchev–Trinajstić information content (AvgIpc) is 2.83. The Morgan fingerprint density at radius 3 is 2.65 bits per heavy atom. The van der Waals surface area contributed by atoms with Crippen molar-refractivity contribution in [3.63, 3.8) is 0 Å². The number of aliphatic hydroxyl groups excluding tert-OH is 1. The summed E-state index contributed by atoms with van der Waals surface area (Å²) in [4.78, 5) is 15.7. The lowest BCUT2D eigenvalue weighted by Crippen LogP contribution is -2.28. The van der Waals surface area contributed by atoms with Crippen molar-refractivity contribution >= 4 is 11.7 Å². The molecule has 2 rings (SSSR count). The number of carbonyl (C=O) groups is 1. The molecule has 0 saturated carbocycles. The summed E-state index contributed by atoms with van der Waals surface area (Å²) in [6.45, 7) is 1.95. The molecule has 1 heterocycles. The second kappa shape index (κ2) is 6.16. The minimum absolute atomic E-state index is 0.262. The number of carbonyl (C=O) groups excluding carboxylic acids is 1. The van der Waals surface area contributed by atoms with E-state index in [0.717, 1.165) is 5.56 Å². The van der Waals surface area contributed by atoms with E-state index in [1.807, 2.05) is 0 Å². The number of rotatable bonds is 4. The van der Waals surface area contributed by atoms with Crippen LogP contribution in [0.4, 0.5) is 10.5 Å². The van der Waals surface area contributed by atoms with Crippen LogP contribution in [0.3, 0.4) is 0 Å². The maximum Gasteiger partial charge on any atom is 0.319 e. The van der Waals surface area contributed by atoms with E-state index in [-0.39, 0.29) is 12.6 Å². The van der Waals surface area contributed by atoms with E-state index >= 15 is 0 Å². The van der Waals surface area contributed by atoms with E-state index in [4.69, 9.17) is 0 Å². The fourth-order valence-corrected chi connectivity index (χ4v) is 1.64. The number of aliphatic hydroxyl groups is 1. The SMILES string of the molecule is CC(O)c1ccc(NC(=O)NCc2ncn(C)n2)cc1. The number of nitrogens with one attached hydrogen (secondary N) is 2. The summed E-state index contributed by atoms with van der Waals surface area (Å²) < 4.78 is 1.57. The highest BCUT2D eigenvalue weighted by molar-refractivity contribution is 5.89. The molecular weight excluding hydrogens is 258 g/mol. The highest BCUT2D eigenvalue weighted by atomic mass is 16.3. The molecule has 1 aromatic heterocycles. The van der Waals surface area contributed by atoms with Crippen molar-refractivity contribution in [2.75, 3.05) is 5.32 Å². The molecule has 0 aliphatic carbocycles. The van der Waals surface area contributed by atoms with Crippen LogP contribution in [0.25, 0.3) is 0 Å². The van der Waals surface area contributed by atoms with Gasteiger partial charge in [-0.05, 0) is 24.6 Å². The number of hydrogen-bond donors (Lipinski definition) is 3. The lowest BCUT2D eigenvalue weighted by molar-refractivity contribution is 0.199. The number of aromatic nitrogens is 3. The largest absolute Gasteiger partial charge is 0.389 e. The molecule has 0 fully saturated rings. The van der Waals surface area contributed by atoms with Gasteiger partial charge in [0.05, 0.1) is 12.6 Å². The van der Waals surface area contributed by atoms with Gasteiger partial charge in [0.15, 0.2) is 5.82 Å². The number of amides is 2. The first-order valence-corrected chi connectivity index (χ1v) is 6.22. The second-order valence-corrected chi connectivity index (χ2v) is 4.44. The molecule has 2 aromatic rings. The van der Waals surface area contributed by atoms with Crippen LogP contribution < -0.4 is 10.6 Å². The van der Waals surface area contributed by atoms with Gasteiger partial charge in [-0.15, -0.1) is 0 Å². The van der Waals surface area contributed by atoms with Gasteiger partial charge in [-0.25, -0.2) is 9.78 Å². The first-order chi connectivity index (χ1) is 9.54. The van der Waals surface area contributed by atoms with Gasteiger partial charge in [0.2, 0.25) is 0 Å². The Morgan fingerprint density at radius 2 is 2.10 bits per heavy atom. The normalized spacial score (nSPS) is 11.9. The van der Waals surface area contributed by atoms with E-state index < -0.39 is 6.10 Å². The highest BCUT2D eigenvalue weighted by Crippen LogP contribution is 2.15. The number of anilines is 1. The topological polar surface area (TPSA) is 92.1 Å². The van der Waals surface area contributed by atoms with Crippen LogP contribution in [-0.4, -0.2) is 25.9 Å². The molecule has 7 nitrogen and oxygen atoms in total. The standard InChI is InChI=1S/C13H17N5O2/c1-9(19)10-3-5-11(6-4-10)16-13(20)14-7-12-15-8-18(2)17-12/h3-6,8-9,19H,7H2,1-2H3,(H2,14,16,20). The molecule has 7 heteroatoms. The van der Waals surface area contributed by atoms with E-state index in [9.17, 15) is 9.90 Å². The van der Waals surface area contributed by atoms with E-state index in [1.165, 1.54) is 0 Å². The number of hydrogen-bond acceptors (Lipinski definition) is 4. The van der Waals surface area contributed by atoms with Crippen LogP contribution in [0.5, 0.6) is 0 Å². The molecule has 1 unspecified atom stereocenters.